The zero-order chi connectivity index (χ0) is 49.3. The van der Waals surface area contributed by atoms with Gasteiger partial charge in [0.2, 0.25) is 0 Å². The highest BCUT2D eigenvalue weighted by molar-refractivity contribution is 7.80. The minimum Gasteiger partial charge on any atom is -0.494 e. The molecule has 6 aromatic rings. The van der Waals surface area contributed by atoms with Crippen molar-refractivity contribution in [2.24, 2.45) is 10.9 Å². The summed E-state index contributed by atoms with van der Waals surface area (Å²) in [5, 5.41) is 3.44. The molecule has 72 heavy (non-hydrogen) atoms. The lowest BCUT2D eigenvalue weighted by Gasteiger charge is -2.29. The fourth-order valence-electron chi connectivity index (χ4n) is 10.3. The number of para-hydroxylation sites is 1. The van der Waals surface area contributed by atoms with Crippen LogP contribution < -0.4 is 9.47 Å². The van der Waals surface area contributed by atoms with E-state index in [0.717, 1.165) is 141 Å². The Morgan fingerprint density at radius 1 is 0.778 bits per heavy atom. The van der Waals surface area contributed by atoms with Crippen LogP contribution in [0.2, 0.25) is 0 Å². The zero-order valence-electron chi connectivity index (χ0n) is 41.8. The number of aromatic nitrogens is 1. The minimum atomic E-state index is -0.366. The second-order valence-corrected chi connectivity index (χ2v) is 21.3. The largest absolute Gasteiger partial charge is 0.494 e. The molecule has 4 atom stereocenters. The second kappa shape index (κ2) is 26.8. The van der Waals surface area contributed by atoms with E-state index in [0.29, 0.717) is 50.5 Å². The second-order valence-electron chi connectivity index (χ2n) is 19.8. The topological polar surface area (TPSA) is 101 Å². The molecule has 0 N–H and O–H groups in total. The summed E-state index contributed by atoms with van der Waals surface area (Å²) in [5.74, 6) is 3.35. The van der Waals surface area contributed by atoms with E-state index in [1.807, 2.05) is 0 Å². The first-order valence-electron chi connectivity index (χ1n) is 26.6. The van der Waals surface area contributed by atoms with Crippen LogP contribution in [0, 0.1) is 5.92 Å². The summed E-state index contributed by atoms with van der Waals surface area (Å²) in [5.41, 5.74) is 6.99. The number of nitrogens with zero attached hydrogens (tertiary/aromatic N) is 2. The van der Waals surface area contributed by atoms with Gasteiger partial charge in [-0.3, -0.25) is 4.99 Å². The number of thiol groups is 1. The summed E-state index contributed by atoms with van der Waals surface area (Å²) >= 11 is 6.26. The number of hydrogen-bond donors (Lipinski definition) is 1. The Balaban J connectivity index is 0.792. The van der Waals surface area contributed by atoms with Gasteiger partial charge in [0.1, 0.15) is 22.5 Å². The third-order valence-electron chi connectivity index (χ3n) is 14.5. The van der Waals surface area contributed by atoms with Gasteiger partial charge in [0.15, 0.2) is 0 Å². The molecule has 9 nitrogen and oxygen atoms in total. The summed E-state index contributed by atoms with van der Waals surface area (Å²) in [4.78, 5) is 21.7. The van der Waals surface area contributed by atoms with E-state index < -0.39 is 0 Å². The SMILES string of the molecule is C=CC(=O)OCCCCCCOc1ccc(-c2ccc(C3CCC(OCc4ccc5cc(OCCCOCC6CCC7OC7C6)ccc5c4)CC3)cc2C=NC(CCCCS)c2nc3ccccc3s2)cc1. The molecule has 380 valence electrons. The summed E-state index contributed by atoms with van der Waals surface area (Å²) < 4.78 is 36.8. The van der Waals surface area contributed by atoms with Crippen LogP contribution in [0.5, 0.6) is 11.5 Å². The normalized spacial score (nSPS) is 20.1. The Morgan fingerprint density at radius 3 is 2.40 bits per heavy atom. The Morgan fingerprint density at radius 2 is 1.57 bits per heavy atom. The van der Waals surface area contributed by atoms with Crippen LogP contribution in [-0.2, 0) is 30.3 Å². The maximum atomic E-state index is 11.3. The van der Waals surface area contributed by atoms with Crippen LogP contribution in [0.4, 0.5) is 0 Å². The molecule has 2 saturated carbocycles. The van der Waals surface area contributed by atoms with Gasteiger partial charge in [-0.15, -0.1) is 11.3 Å². The third-order valence-corrected chi connectivity index (χ3v) is 16.0. The number of esters is 1. The number of ether oxygens (including phenoxy) is 6. The number of aliphatic imine (C=N–C) groups is 1. The Hall–Kier alpha value is -5.04. The number of carbonyl (C=O) groups excluding carboxylic acids is 1. The van der Waals surface area contributed by atoms with Crippen molar-refractivity contribution in [1.82, 2.24) is 4.98 Å². The van der Waals surface area contributed by atoms with Crippen molar-refractivity contribution < 1.29 is 33.2 Å². The maximum absolute atomic E-state index is 11.3. The standard InChI is InChI=1S/C61H72N2O7S2/c1-2-60(64)68-33-9-4-3-8-32-66-51-26-20-46(21-27-51)54-29-23-48(38-50(54)40-62-56(13-7-10-35-71)61-63-55-12-5-6-14-59(55)72-61)45-18-24-52(25-19-45)69-42-43-15-17-49-39-53(28-22-47(49)36-43)67-34-11-31-65-41-44-16-30-57-58(37-44)70-57/h2,5-6,12,14-15,17,20-23,26-29,36,38-40,44-45,52,56-58,71H,1,3-4,7-11,13,16,18-19,24-25,30-35,37,41-42H2. The number of unbranched alkanes of at least 4 members (excludes halogenated alkanes) is 4. The Labute approximate surface area is 436 Å². The third kappa shape index (κ3) is 15.0. The van der Waals surface area contributed by atoms with Crippen molar-refractivity contribution in [3.63, 3.8) is 0 Å². The molecule has 0 radical (unpaired) electrons. The van der Waals surface area contributed by atoms with Gasteiger partial charge in [-0.05, 0) is 183 Å². The van der Waals surface area contributed by atoms with Gasteiger partial charge in [-0.25, -0.2) is 9.78 Å². The van der Waals surface area contributed by atoms with Crippen LogP contribution in [0.25, 0.3) is 32.1 Å². The smallest absolute Gasteiger partial charge is 0.330 e. The van der Waals surface area contributed by atoms with E-state index in [-0.39, 0.29) is 18.1 Å². The van der Waals surface area contributed by atoms with Crippen LogP contribution in [0.1, 0.15) is 130 Å². The number of benzene rings is 5. The van der Waals surface area contributed by atoms with Gasteiger partial charge in [0.05, 0.1) is 55.0 Å². The molecule has 1 aliphatic heterocycles. The lowest BCUT2D eigenvalue weighted by atomic mass is 9.81. The zero-order valence-corrected chi connectivity index (χ0v) is 43.5. The molecule has 2 heterocycles. The number of rotatable bonds is 28. The molecule has 5 aromatic carbocycles. The molecule has 11 heteroatoms. The van der Waals surface area contributed by atoms with Gasteiger partial charge >= 0.3 is 5.97 Å². The number of hydrogen-bond acceptors (Lipinski definition) is 11. The predicted octanol–water partition coefficient (Wildman–Crippen LogP) is 14.6. The van der Waals surface area contributed by atoms with Gasteiger partial charge < -0.3 is 28.4 Å². The lowest BCUT2D eigenvalue weighted by Crippen LogP contribution is -2.20. The number of epoxide rings is 1. The van der Waals surface area contributed by atoms with Crippen LogP contribution in [0.3, 0.4) is 0 Å². The van der Waals surface area contributed by atoms with Crippen LogP contribution >= 0.6 is 24.0 Å². The van der Waals surface area contributed by atoms with Crippen molar-refractivity contribution in [3.05, 3.63) is 137 Å². The fraction of sp³-hybridized carbons (Fsp3) is 0.459. The molecule has 3 aliphatic rings. The van der Waals surface area contributed by atoms with E-state index in [1.54, 1.807) is 11.3 Å². The first-order valence-corrected chi connectivity index (χ1v) is 28.1. The van der Waals surface area contributed by atoms with E-state index in [1.165, 1.54) is 45.5 Å². The molecule has 1 aromatic heterocycles. The molecule has 0 bridgehead atoms. The van der Waals surface area contributed by atoms with Crippen molar-refractivity contribution in [3.8, 4) is 22.6 Å². The van der Waals surface area contributed by atoms with Crippen molar-refractivity contribution >= 4 is 57.1 Å². The summed E-state index contributed by atoms with van der Waals surface area (Å²) in [7, 11) is 0. The maximum Gasteiger partial charge on any atom is 0.330 e. The number of thiazole rings is 1. The van der Waals surface area contributed by atoms with Gasteiger partial charge in [0, 0.05) is 37.5 Å². The average molecular weight is 1010 g/mol. The highest BCUT2D eigenvalue weighted by atomic mass is 32.1. The fourth-order valence-corrected chi connectivity index (χ4v) is 11.6. The molecule has 4 unspecified atom stereocenters. The van der Waals surface area contributed by atoms with Crippen molar-refractivity contribution in [2.45, 2.75) is 133 Å². The molecular weight excluding hydrogens is 937 g/mol. The quantitative estimate of drug-likeness (QED) is 0.0130. The van der Waals surface area contributed by atoms with Crippen molar-refractivity contribution in [1.29, 1.82) is 0 Å². The highest BCUT2D eigenvalue weighted by Crippen LogP contribution is 2.40. The Bertz CT molecular complexity index is 2660. The van der Waals surface area contributed by atoms with Crippen LogP contribution in [-0.4, -0.2) is 74.3 Å². The molecule has 1 saturated heterocycles. The van der Waals surface area contributed by atoms with Gasteiger partial charge in [-0.1, -0.05) is 67.6 Å². The van der Waals surface area contributed by atoms with E-state index in [9.17, 15) is 4.79 Å². The van der Waals surface area contributed by atoms with E-state index in [4.69, 9.17) is 38.4 Å². The van der Waals surface area contributed by atoms with Crippen LogP contribution in [0.15, 0.2) is 121 Å². The summed E-state index contributed by atoms with van der Waals surface area (Å²) in [6, 6.07) is 36.8. The van der Waals surface area contributed by atoms with Crippen molar-refractivity contribution in [2.75, 3.05) is 38.8 Å². The first kappa shape index (κ1) is 51.8. The minimum absolute atomic E-state index is 0.0307. The average Bonchev–Trinajstić information content (AvgIpc) is 4.07. The predicted molar refractivity (Wildman–Crippen MR) is 295 cm³/mol. The molecule has 0 spiro atoms. The highest BCUT2D eigenvalue weighted by Gasteiger charge is 2.43. The molecule has 0 amide bonds. The summed E-state index contributed by atoms with van der Waals surface area (Å²) in [6.07, 6.45) is 20.1. The number of fused-ring (bicyclic) bond motifs is 3. The monoisotopic (exact) mass is 1010 g/mol. The Kier molecular flexibility index (Phi) is 19.3. The summed E-state index contributed by atoms with van der Waals surface area (Å²) in [6.45, 7) is 7.35. The van der Waals surface area contributed by atoms with E-state index >= 15 is 0 Å². The lowest BCUT2D eigenvalue weighted by molar-refractivity contribution is -0.137. The van der Waals surface area contributed by atoms with Gasteiger partial charge in [0.25, 0.3) is 0 Å². The first-order chi connectivity index (χ1) is 35.5. The molecule has 9 rings (SSSR count). The molecule has 3 fully saturated rings. The molecule has 2 aliphatic carbocycles. The number of carbonyl (C=O) groups is 1. The molecular formula is C61H72N2O7S2. The van der Waals surface area contributed by atoms with E-state index in [2.05, 4.69) is 129 Å². The van der Waals surface area contributed by atoms with Gasteiger partial charge in [-0.2, -0.15) is 12.6 Å².